The fourth-order valence-electron chi connectivity index (χ4n) is 4.02. The van der Waals surface area contributed by atoms with Crippen molar-refractivity contribution in [1.82, 2.24) is 19.9 Å². The molecule has 0 radical (unpaired) electrons. The summed E-state index contributed by atoms with van der Waals surface area (Å²) in [6.45, 7) is 0.502. The number of halogens is 3. The van der Waals surface area contributed by atoms with E-state index in [-0.39, 0.29) is 19.3 Å². The van der Waals surface area contributed by atoms with Crippen LogP contribution in [0.2, 0.25) is 5.02 Å². The largest absolute Gasteiger partial charge is 0.506 e. The molecule has 2 aromatic carbocycles. The SMILES string of the molecule is Brc1ccc(Oc2ccnc3cc4c(cc23)OCO4)cn1.Clc1ccnc2cc3c(cc12)OCO3.Oc1ccc(Br)nc1. The average molecular weight is 727 g/mol. The molecule has 0 unspecified atom stereocenters. The number of ether oxygens (including phenoxy) is 5. The molecule has 8 rings (SSSR count). The van der Waals surface area contributed by atoms with Crippen LogP contribution >= 0.6 is 43.5 Å². The summed E-state index contributed by atoms with van der Waals surface area (Å²) >= 11 is 12.4. The zero-order chi connectivity index (χ0) is 29.8. The van der Waals surface area contributed by atoms with Gasteiger partial charge in [-0.25, -0.2) is 9.97 Å². The minimum Gasteiger partial charge on any atom is -0.506 e. The minimum absolute atomic E-state index is 0.188. The lowest BCUT2D eigenvalue weighted by molar-refractivity contribution is 0.173. The Hall–Kier alpha value is -4.39. The zero-order valence-electron chi connectivity index (χ0n) is 21.9. The number of hydrogen-bond acceptors (Lipinski definition) is 10. The van der Waals surface area contributed by atoms with Crippen molar-refractivity contribution in [2.75, 3.05) is 13.6 Å². The van der Waals surface area contributed by atoms with Gasteiger partial charge in [-0.2, -0.15) is 0 Å². The Morgan fingerprint density at radius 3 is 1.79 bits per heavy atom. The van der Waals surface area contributed by atoms with E-state index in [4.69, 9.17) is 40.4 Å². The van der Waals surface area contributed by atoms with Crippen LogP contribution < -0.4 is 23.7 Å². The molecule has 0 fully saturated rings. The topological polar surface area (TPSA) is 118 Å². The minimum atomic E-state index is 0.188. The lowest BCUT2D eigenvalue weighted by atomic mass is 10.2. The van der Waals surface area contributed by atoms with Gasteiger partial charge in [0.05, 0.1) is 28.4 Å². The number of aromatic nitrogens is 4. The molecule has 1 N–H and O–H groups in total. The molecule has 0 saturated carbocycles. The van der Waals surface area contributed by atoms with E-state index in [9.17, 15) is 0 Å². The second-order valence-corrected chi connectivity index (χ2v) is 10.8. The van der Waals surface area contributed by atoms with Crippen LogP contribution in [-0.2, 0) is 0 Å². The fraction of sp³-hybridized carbons (Fsp3) is 0.0667. The number of hydrogen-bond donors (Lipinski definition) is 1. The van der Waals surface area contributed by atoms with Crippen LogP contribution in [-0.4, -0.2) is 38.6 Å². The van der Waals surface area contributed by atoms with Crippen molar-refractivity contribution in [2.45, 2.75) is 0 Å². The molecular weight excluding hydrogens is 708 g/mol. The predicted octanol–water partition coefficient (Wildman–Crippen LogP) is 8.08. The Morgan fingerprint density at radius 1 is 0.651 bits per heavy atom. The highest BCUT2D eigenvalue weighted by Gasteiger charge is 2.17. The maximum absolute atomic E-state index is 8.67. The van der Waals surface area contributed by atoms with Gasteiger partial charge >= 0.3 is 0 Å². The van der Waals surface area contributed by atoms with Crippen LogP contribution in [0.1, 0.15) is 0 Å². The third-order valence-corrected chi connectivity index (χ3v) is 7.29. The van der Waals surface area contributed by atoms with E-state index in [1.54, 1.807) is 36.8 Å². The Morgan fingerprint density at radius 2 is 1.21 bits per heavy atom. The number of aromatic hydroxyl groups is 1. The van der Waals surface area contributed by atoms with Crippen molar-refractivity contribution in [3.8, 4) is 40.2 Å². The highest BCUT2D eigenvalue weighted by atomic mass is 79.9. The standard InChI is InChI=1S/C15H9BrN2O3.C10H6ClNO2.C5H4BrNO/c16-15-2-1-9(7-18-15)21-12-3-4-17-11-6-14-13(5-10(11)12)19-8-20-14;11-7-1-2-12-8-4-10-9(3-6(7)8)13-5-14-10;6-5-2-1-4(8)3-7-5/h1-7H,8H2;1-4H,5H2;1-3,8H. The van der Waals surface area contributed by atoms with Crippen molar-refractivity contribution in [3.63, 3.8) is 0 Å². The monoisotopic (exact) mass is 724 g/mol. The molecule has 6 aromatic rings. The molecule has 4 aromatic heterocycles. The van der Waals surface area contributed by atoms with Gasteiger partial charge in [0.2, 0.25) is 13.6 Å². The Bertz CT molecular complexity index is 1890. The molecule has 0 amide bonds. The summed E-state index contributed by atoms with van der Waals surface area (Å²) in [7, 11) is 0. The van der Waals surface area contributed by atoms with Crippen LogP contribution in [0.25, 0.3) is 21.8 Å². The molecule has 13 heteroatoms. The third-order valence-electron chi connectivity index (χ3n) is 6.02. The molecule has 0 spiro atoms. The zero-order valence-corrected chi connectivity index (χ0v) is 25.8. The van der Waals surface area contributed by atoms with Gasteiger partial charge in [0.1, 0.15) is 26.5 Å². The first-order valence-electron chi connectivity index (χ1n) is 12.5. The number of pyridine rings is 4. The van der Waals surface area contributed by atoms with Crippen molar-refractivity contribution in [1.29, 1.82) is 0 Å². The van der Waals surface area contributed by atoms with Crippen LogP contribution in [0.15, 0.2) is 94.7 Å². The van der Waals surface area contributed by atoms with Gasteiger partial charge in [0.15, 0.2) is 23.0 Å². The van der Waals surface area contributed by atoms with E-state index in [1.165, 1.54) is 6.20 Å². The van der Waals surface area contributed by atoms with Crippen molar-refractivity contribution < 1.29 is 28.8 Å². The summed E-state index contributed by atoms with van der Waals surface area (Å²) in [6, 6.07) is 17.9. The molecule has 0 aliphatic carbocycles. The smallest absolute Gasteiger partial charge is 0.231 e. The van der Waals surface area contributed by atoms with E-state index < -0.39 is 0 Å². The van der Waals surface area contributed by atoms with Gasteiger partial charge in [-0.05, 0) is 80.4 Å². The van der Waals surface area contributed by atoms with Gasteiger partial charge in [0, 0.05) is 35.3 Å². The summed E-state index contributed by atoms with van der Waals surface area (Å²) < 4.78 is 28.6. The Labute approximate surface area is 266 Å². The first-order chi connectivity index (χ1) is 20.9. The normalized spacial score (nSPS) is 12.3. The van der Waals surface area contributed by atoms with E-state index in [0.717, 1.165) is 42.5 Å². The second-order valence-electron chi connectivity index (χ2n) is 8.80. The van der Waals surface area contributed by atoms with Crippen LogP contribution in [0, 0.1) is 0 Å². The number of fused-ring (bicyclic) bond motifs is 4. The third kappa shape index (κ3) is 6.82. The van der Waals surface area contributed by atoms with E-state index in [0.29, 0.717) is 28.0 Å². The first kappa shape index (κ1) is 28.7. The van der Waals surface area contributed by atoms with Crippen molar-refractivity contribution >= 4 is 65.3 Å². The Balaban J connectivity index is 0.000000128. The maximum atomic E-state index is 8.67. The molecule has 43 heavy (non-hydrogen) atoms. The molecule has 0 atom stereocenters. The van der Waals surface area contributed by atoms with E-state index in [1.807, 2.05) is 42.5 Å². The van der Waals surface area contributed by atoms with E-state index in [2.05, 4.69) is 51.8 Å². The summed E-state index contributed by atoms with van der Waals surface area (Å²) in [5, 5.41) is 11.1. The molecular formula is C30H19Br2ClN4O6. The number of benzene rings is 2. The van der Waals surface area contributed by atoms with Gasteiger partial charge in [-0.3, -0.25) is 9.97 Å². The van der Waals surface area contributed by atoms with Gasteiger partial charge < -0.3 is 28.8 Å². The molecule has 6 heterocycles. The molecule has 0 bridgehead atoms. The van der Waals surface area contributed by atoms with Crippen LogP contribution in [0.3, 0.4) is 0 Å². The summed E-state index contributed by atoms with van der Waals surface area (Å²) in [5.74, 6) is 4.41. The summed E-state index contributed by atoms with van der Waals surface area (Å²) in [6.07, 6.45) is 6.41. The summed E-state index contributed by atoms with van der Waals surface area (Å²) in [5.41, 5.74) is 1.61. The molecule has 2 aliphatic heterocycles. The number of rotatable bonds is 2. The number of nitrogens with zero attached hydrogens (tertiary/aromatic N) is 4. The van der Waals surface area contributed by atoms with Crippen LogP contribution in [0.4, 0.5) is 0 Å². The molecule has 216 valence electrons. The van der Waals surface area contributed by atoms with E-state index >= 15 is 0 Å². The summed E-state index contributed by atoms with van der Waals surface area (Å²) in [4.78, 5) is 16.4. The predicted molar refractivity (Wildman–Crippen MR) is 166 cm³/mol. The average Bonchev–Trinajstić information content (AvgIpc) is 3.68. The van der Waals surface area contributed by atoms with Gasteiger partial charge in [-0.15, -0.1) is 0 Å². The van der Waals surface area contributed by atoms with Gasteiger partial charge in [0.25, 0.3) is 0 Å². The molecule has 10 nitrogen and oxygen atoms in total. The second kappa shape index (κ2) is 12.9. The maximum Gasteiger partial charge on any atom is 0.231 e. The first-order valence-corrected chi connectivity index (χ1v) is 14.5. The fourth-order valence-corrected chi connectivity index (χ4v) is 4.70. The highest BCUT2D eigenvalue weighted by Crippen LogP contribution is 2.39. The van der Waals surface area contributed by atoms with Gasteiger partial charge in [-0.1, -0.05) is 11.6 Å². The lowest BCUT2D eigenvalue weighted by Crippen LogP contribution is -1.92. The Kier molecular flexibility index (Phi) is 8.59. The van der Waals surface area contributed by atoms with Crippen molar-refractivity contribution in [3.05, 3.63) is 99.7 Å². The lowest BCUT2D eigenvalue weighted by Gasteiger charge is -2.09. The molecule has 2 aliphatic rings. The quantitative estimate of drug-likeness (QED) is 0.176. The highest BCUT2D eigenvalue weighted by molar-refractivity contribution is 9.10. The van der Waals surface area contributed by atoms with Crippen molar-refractivity contribution in [2.24, 2.45) is 0 Å². The van der Waals surface area contributed by atoms with Crippen LogP contribution in [0.5, 0.6) is 40.2 Å². The molecule has 0 saturated heterocycles.